The van der Waals surface area contributed by atoms with Gasteiger partial charge in [0.2, 0.25) is 23.6 Å². The minimum absolute atomic E-state index is 0.000392. The first-order valence-electron chi connectivity index (χ1n) is 32.7. The molecule has 0 aliphatic carbocycles. The smallest absolute Gasteiger partial charge is 0.306 e. The number of aromatic nitrogens is 2. The lowest BCUT2D eigenvalue weighted by atomic mass is 9.93. The van der Waals surface area contributed by atoms with Gasteiger partial charge in [-0.1, -0.05) is 150 Å². The van der Waals surface area contributed by atoms with Crippen molar-refractivity contribution in [3.63, 3.8) is 0 Å². The van der Waals surface area contributed by atoms with Gasteiger partial charge in [-0.3, -0.25) is 43.2 Å². The number of amides is 6. The predicted octanol–water partition coefficient (Wildman–Crippen LogP) is 9.26. The molecule has 5 N–H and O–H groups in total. The molecular formula is C70H108N10O12S2. The molecule has 6 amide bonds. The van der Waals surface area contributed by atoms with Crippen LogP contribution in [0, 0.1) is 35.5 Å². The van der Waals surface area contributed by atoms with Crippen LogP contribution in [0.3, 0.4) is 0 Å². The van der Waals surface area contributed by atoms with Gasteiger partial charge in [0.05, 0.1) is 19.0 Å². The second-order valence-corrected chi connectivity index (χ2v) is 28.3. The number of esters is 2. The van der Waals surface area contributed by atoms with E-state index in [0.717, 1.165) is 17.5 Å². The predicted molar refractivity (Wildman–Crippen MR) is 369 cm³/mol. The lowest BCUT2D eigenvalue weighted by Crippen LogP contribution is -2.55. The van der Waals surface area contributed by atoms with E-state index in [1.165, 1.54) is 36.5 Å². The number of benzene rings is 2. The standard InChI is InChI=1S/C35H53N5O7S.C35H55N5O5S/c1-10-22(4)31(38-30(42)19-39(7)8)34(44)40(9)28(21(2)3)18-29(47-24(6)41)33-37-27(20-48-33)32(43)36-26(16-23(5)35(45)46)17-25-14-12-11-13-15-25;1-11-24(6)32(38-31(42)20-39(8)9)35(44)40(10)29(23(4)5)19-30(45-25(7)41)34-37-28(21-46-34)33(43)36-27(17-22(2)3)18-26-15-13-12-14-16-26/h11-15,20-23,26,28-29,31H,10,16-19H2,1-9H3,(H,36,43)(H,38,42)(H,45,46);12-16,21-24,27,29-30,32H,11,17-20H2,1-10H3,(H,36,43)(H,38,42)/t22?,23-,26+,28+,29+,31-;24?,27-,29-,30+,32+/m01/s1. The van der Waals surface area contributed by atoms with E-state index in [4.69, 9.17) is 9.47 Å². The Kier molecular flexibility index (Phi) is 34.8. The van der Waals surface area contributed by atoms with Crippen molar-refractivity contribution < 1.29 is 57.7 Å². The van der Waals surface area contributed by atoms with Gasteiger partial charge >= 0.3 is 17.9 Å². The fourth-order valence-corrected chi connectivity index (χ4v) is 12.7. The average molecular weight is 1350 g/mol. The molecule has 4 rings (SSSR count). The Labute approximate surface area is 566 Å². The third-order valence-electron chi connectivity index (χ3n) is 16.5. The fourth-order valence-electron chi connectivity index (χ4n) is 11.0. The maximum Gasteiger partial charge on any atom is 0.306 e. The number of hydrogen-bond donors (Lipinski definition) is 5. The Morgan fingerprint density at radius 3 is 1.16 bits per heavy atom. The van der Waals surface area contributed by atoms with E-state index in [2.05, 4.69) is 57.2 Å². The summed E-state index contributed by atoms with van der Waals surface area (Å²) >= 11 is 2.43. The van der Waals surface area contributed by atoms with Crippen molar-refractivity contribution >= 4 is 76.0 Å². The fraction of sp³-hybridized carbons (Fsp3) is 0.614. The first-order valence-corrected chi connectivity index (χ1v) is 34.5. The first-order chi connectivity index (χ1) is 44.1. The zero-order valence-corrected chi connectivity index (χ0v) is 60.7. The Morgan fingerprint density at radius 2 is 0.862 bits per heavy atom. The molecule has 0 saturated carbocycles. The second-order valence-electron chi connectivity index (χ2n) is 26.5. The number of aliphatic carboxylic acids is 1. The van der Waals surface area contributed by atoms with Crippen LogP contribution >= 0.6 is 22.7 Å². The quantitative estimate of drug-likeness (QED) is 0.0263. The number of carbonyl (C=O) groups excluding carboxylic acids is 8. The lowest BCUT2D eigenvalue weighted by molar-refractivity contribution is -0.150. The zero-order valence-electron chi connectivity index (χ0n) is 59.0. The van der Waals surface area contributed by atoms with E-state index in [9.17, 15) is 48.3 Å². The molecule has 0 radical (unpaired) electrons. The molecule has 11 atom stereocenters. The number of hydrogen-bond acceptors (Lipinski definition) is 17. The Balaban J connectivity index is 0.000000491. The minimum atomic E-state index is -0.947. The molecule has 24 heteroatoms. The van der Waals surface area contributed by atoms with E-state index in [0.29, 0.717) is 41.6 Å². The van der Waals surface area contributed by atoms with Gasteiger partial charge in [-0.25, -0.2) is 9.97 Å². The van der Waals surface area contributed by atoms with Crippen molar-refractivity contribution in [2.24, 2.45) is 35.5 Å². The summed E-state index contributed by atoms with van der Waals surface area (Å²) in [6.45, 7) is 24.6. The van der Waals surface area contributed by atoms with Crippen LogP contribution < -0.4 is 21.3 Å². The summed E-state index contributed by atoms with van der Waals surface area (Å²) in [4.78, 5) is 132. The highest BCUT2D eigenvalue weighted by Crippen LogP contribution is 2.33. The van der Waals surface area contributed by atoms with Crippen LogP contribution in [0.25, 0.3) is 0 Å². The zero-order chi connectivity index (χ0) is 70.7. The molecule has 94 heavy (non-hydrogen) atoms. The van der Waals surface area contributed by atoms with Crippen molar-refractivity contribution in [3.05, 3.63) is 104 Å². The highest BCUT2D eigenvalue weighted by atomic mass is 32.1. The van der Waals surface area contributed by atoms with Crippen molar-refractivity contribution in [1.29, 1.82) is 0 Å². The average Bonchev–Trinajstić information content (AvgIpc) is 1.26. The molecule has 0 aliphatic heterocycles. The van der Waals surface area contributed by atoms with Crippen LogP contribution in [0.4, 0.5) is 0 Å². The lowest BCUT2D eigenvalue weighted by Gasteiger charge is -2.37. The molecular weight excluding hydrogens is 1240 g/mol. The van der Waals surface area contributed by atoms with E-state index in [1.54, 1.807) is 79.6 Å². The van der Waals surface area contributed by atoms with Crippen LogP contribution in [0.5, 0.6) is 0 Å². The summed E-state index contributed by atoms with van der Waals surface area (Å²) in [5.74, 6) is -4.13. The Morgan fingerprint density at radius 1 is 0.511 bits per heavy atom. The van der Waals surface area contributed by atoms with E-state index in [1.807, 2.05) is 104 Å². The summed E-state index contributed by atoms with van der Waals surface area (Å²) in [7, 11) is 10.6. The number of likely N-dealkylation sites (N-methyl/N-ethyl adjacent to an activating group) is 4. The SMILES string of the molecule is CCC(C)[C@H](NC(=O)CN(C)C)C(=O)N(C)[C@H](C[C@@H](OC(C)=O)c1nc(C(=O)N[C@@H](Cc2ccccc2)C[C@H](C)C(=O)O)cs1)C(C)C.CCC(C)[C@H](NC(=O)CN(C)C)C(=O)N(C)[C@H](C[C@H](OC(C)=O)c1nc(C(=O)N[C@@H](Cc2ccccc2)CC(C)C)cs1)C(C)C. The van der Waals surface area contributed by atoms with E-state index >= 15 is 0 Å². The minimum Gasteiger partial charge on any atom is -0.481 e. The number of thiazole rings is 2. The number of ether oxygens (including phenoxy) is 2. The van der Waals surface area contributed by atoms with Gasteiger partial charge in [-0.2, -0.15) is 0 Å². The molecule has 2 aromatic carbocycles. The number of nitrogens with one attached hydrogen (secondary N) is 4. The van der Waals surface area contributed by atoms with Crippen LogP contribution in [-0.4, -0.2) is 180 Å². The summed E-state index contributed by atoms with van der Waals surface area (Å²) in [5.41, 5.74) is 2.50. The second kappa shape index (κ2) is 40.3. The number of carboxylic acids is 1. The van der Waals surface area contributed by atoms with Gasteiger partial charge < -0.3 is 55.4 Å². The largest absolute Gasteiger partial charge is 0.481 e. The maximum atomic E-state index is 13.9. The molecule has 2 unspecified atom stereocenters. The number of carboxylic acid groups (broad SMARTS) is 1. The van der Waals surface area contributed by atoms with Gasteiger partial charge in [0.25, 0.3) is 11.8 Å². The molecule has 4 aromatic rings. The molecule has 2 heterocycles. The normalized spacial score (nSPS) is 15.0. The highest BCUT2D eigenvalue weighted by molar-refractivity contribution is 7.10. The van der Waals surface area contributed by atoms with Crippen molar-refractivity contribution in [3.8, 4) is 0 Å². The molecule has 0 fully saturated rings. The van der Waals surface area contributed by atoms with Gasteiger partial charge in [0.15, 0.2) is 12.2 Å². The highest BCUT2D eigenvalue weighted by Gasteiger charge is 2.38. The number of carbonyl (C=O) groups is 9. The van der Waals surface area contributed by atoms with Crippen molar-refractivity contribution in [2.45, 2.75) is 190 Å². The number of nitrogens with zero attached hydrogens (tertiary/aromatic N) is 6. The number of rotatable bonds is 37. The van der Waals surface area contributed by atoms with E-state index in [-0.39, 0.29) is 109 Å². The first kappa shape index (κ1) is 81.1. The molecule has 22 nitrogen and oxygen atoms in total. The molecule has 0 saturated heterocycles. The third-order valence-corrected chi connectivity index (χ3v) is 18.3. The van der Waals surface area contributed by atoms with Crippen molar-refractivity contribution in [2.75, 3.05) is 55.4 Å². The van der Waals surface area contributed by atoms with Gasteiger partial charge in [0.1, 0.15) is 33.5 Å². The van der Waals surface area contributed by atoms with E-state index < -0.39 is 66.1 Å². The summed E-state index contributed by atoms with van der Waals surface area (Å²) in [6.07, 6.45) is 2.51. The molecule has 2 aromatic heterocycles. The third kappa shape index (κ3) is 27.7. The van der Waals surface area contributed by atoms with Crippen LogP contribution in [-0.2, 0) is 55.9 Å². The summed E-state index contributed by atoms with van der Waals surface area (Å²) in [6, 6.07) is 16.9. The van der Waals surface area contributed by atoms with Gasteiger partial charge in [-0.15, -0.1) is 22.7 Å². The molecule has 0 aliphatic rings. The Bertz CT molecular complexity index is 3030. The van der Waals surface area contributed by atoms with Crippen LogP contribution in [0.1, 0.15) is 183 Å². The maximum absolute atomic E-state index is 13.9. The monoisotopic (exact) mass is 1340 g/mol. The van der Waals surface area contributed by atoms with Crippen LogP contribution in [0.2, 0.25) is 0 Å². The topological polar surface area (TPSA) is 279 Å². The summed E-state index contributed by atoms with van der Waals surface area (Å²) in [5, 5.41) is 25.6. The van der Waals surface area contributed by atoms with Gasteiger partial charge in [0, 0.05) is 75.7 Å². The summed E-state index contributed by atoms with van der Waals surface area (Å²) < 4.78 is 11.5. The molecule has 522 valence electrons. The van der Waals surface area contributed by atoms with Gasteiger partial charge in [-0.05, 0) is 94.6 Å². The molecule has 0 bridgehead atoms. The van der Waals surface area contributed by atoms with Crippen molar-refractivity contribution in [1.82, 2.24) is 50.8 Å². The Hall–Kier alpha value is -7.15. The molecule has 0 spiro atoms. The van der Waals surface area contributed by atoms with Crippen LogP contribution in [0.15, 0.2) is 71.4 Å².